The first kappa shape index (κ1) is 12.3. The van der Waals surface area contributed by atoms with E-state index in [-0.39, 0.29) is 6.10 Å². The van der Waals surface area contributed by atoms with Gasteiger partial charge in [-0.15, -0.1) is 0 Å². The van der Waals surface area contributed by atoms with Crippen molar-refractivity contribution in [3.63, 3.8) is 0 Å². The Morgan fingerprint density at radius 2 is 2.18 bits per heavy atom. The van der Waals surface area contributed by atoms with Crippen molar-refractivity contribution in [2.24, 2.45) is 0 Å². The molecular formula is C12H19N3O2. The van der Waals surface area contributed by atoms with Gasteiger partial charge in [0.05, 0.1) is 19.8 Å². The molecule has 1 aliphatic heterocycles. The van der Waals surface area contributed by atoms with Crippen LogP contribution in [0.2, 0.25) is 0 Å². The van der Waals surface area contributed by atoms with Crippen LogP contribution in [-0.4, -0.2) is 36.8 Å². The topological polar surface area (TPSA) is 56.3 Å². The predicted octanol–water partition coefficient (Wildman–Crippen LogP) is 1.48. The van der Waals surface area contributed by atoms with Gasteiger partial charge in [-0.3, -0.25) is 0 Å². The molecule has 1 saturated heterocycles. The first-order valence-electron chi connectivity index (χ1n) is 6.00. The fourth-order valence-corrected chi connectivity index (χ4v) is 2.03. The minimum atomic E-state index is -0.138. The maximum Gasteiger partial charge on any atom is 0.162 e. The molecule has 0 saturated carbocycles. The first-order valence-corrected chi connectivity index (χ1v) is 6.00. The Kier molecular flexibility index (Phi) is 3.91. The monoisotopic (exact) mass is 237 g/mol. The van der Waals surface area contributed by atoms with Crippen LogP contribution in [0.4, 0.5) is 5.82 Å². The number of aromatic nitrogens is 2. The molecule has 1 unspecified atom stereocenters. The van der Waals surface area contributed by atoms with Gasteiger partial charge in [0.15, 0.2) is 5.82 Å². The molecule has 5 heteroatoms. The summed E-state index contributed by atoms with van der Waals surface area (Å²) in [5.41, 5.74) is 2.17. The van der Waals surface area contributed by atoms with Gasteiger partial charge in [-0.2, -0.15) is 0 Å². The Bertz CT molecular complexity index is 390. The Labute approximate surface area is 102 Å². The van der Waals surface area contributed by atoms with Crippen LogP contribution in [0.1, 0.15) is 30.1 Å². The molecule has 5 nitrogen and oxygen atoms in total. The summed E-state index contributed by atoms with van der Waals surface area (Å²) in [6.07, 6.45) is 0.782. The molecular weight excluding hydrogens is 218 g/mol. The fourth-order valence-electron chi connectivity index (χ4n) is 2.03. The predicted molar refractivity (Wildman–Crippen MR) is 65.2 cm³/mol. The van der Waals surface area contributed by atoms with Crippen molar-refractivity contribution in [1.29, 1.82) is 0 Å². The van der Waals surface area contributed by atoms with Gasteiger partial charge in [0.1, 0.15) is 11.9 Å². The lowest BCUT2D eigenvalue weighted by atomic mass is 10.1. The van der Waals surface area contributed by atoms with E-state index < -0.39 is 0 Å². The van der Waals surface area contributed by atoms with Gasteiger partial charge in [-0.05, 0) is 13.3 Å². The lowest BCUT2D eigenvalue weighted by Crippen LogP contribution is -2.24. The van der Waals surface area contributed by atoms with E-state index >= 15 is 0 Å². The second kappa shape index (κ2) is 5.42. The molecule has 0 bridgehead atoms. The molecule has 1 N–H and O–H groups in total. The molecule has 94 valence electrons. The number of aryl methyl sites for hydroxylation is 1. The van der Waals surface area contributed by atoms with Crippen LogP contribution in [0.3, 0.4) is 0 Å². The van der Waals surface area contributed by atoms with Crippen LogP contribution in [0.15, 0.2) is 0 Å². The molecule has 0 radical (unpaired) electrons. The standard InChI is InChI=1S/C12H19N3O2/c1-4-9-8(2)14-12(15-11(9)13-3)10-7-16-5-6-17-10/h10H,4-7H2,1-3H3,(H,13,14,15). The minimum absolute atomic E-state index is 0.138. The minimum Gasteiger partial charge on any atom is -0.376 e. The van der Waals surface area contributed by atoms with E-state index in [0.717, 1.165) is 23.5 Å². The maximum atomic E-state index is 5.61. The highest BCUT2D eigenvalue weighted by Crippen LogP contribution is 2.22. The zero-order valence-electron chi connectivity index (χ0n) is 10.6. The summed E-state index contributed by atoms with van der Waals surface area (Å²) in [7, 11) is 1.88. The number of hydrogen-bond donors (Lipinski definition) is 1. The Balaban J connectivity index is 2.31. The highest BCUT2D eigenvalue weighted by atomic mass is 16.6. The van der Waals surface area contributed by atoms with Crippen molar-refractivity contribution in [2.45, 2.75) is 26.4 Å². The van der Waals surface area contributed by atoms with E-state index in [4.69, 9.17) is 9.47 Å². The number of nitrogens with zero attached hydrogens (tertiary/aromatic N) is 2. The maximum absolute atomic E-state index is 5.61. The molecule has 1 aromatic heterocycles. The number of nitrogens with one attached hydrogen (secondary N) is 1. The van der Waals surface area contributed by atoms with Crippen molar-refractivity contribution >= 4 is 5.82 Å². The van der Waals surface area contributed by atoms with Gasteiger partial charge in [0.25, 0.3) is 0 Å². The van der Waals surface area contributed by atoms with Gasteiger partial charge in [0, 0.05) is 18.3 Å². The van der Waals surface area contributed by atoms with E-state index in [0.29, 0.717) is 25.6 Å². The average molecular weight is 237 g/mol. The van der Waals surface area contributed by atoms with E-state index in [1.807, 2.05) is 14.0 Å². The van der Waals surface area contributed by atoms with Crippen molar-refractivity contribution in [3.05, 3.63) is 17.1 Å². The van der Waals surface area contributed by atoms with E-state index in [9.17, 15) is 0 Å². The van der Waals surface area contributed by atoms with Gasteiger partial charge >= 0.3 is 0 Å². The van der Waals surface area contributed by atoms with Crippen LogP contribution in [0, 0.1) is 6.92 Å². The first-order chi connectivity index (χ1) is 8.26. The quantitative estimate of drug-likeness (QED) is 0.863. The lowest BCUT2D eigenvalue weighted by molar-refractivity contribution is -0.0935. The third kappa shape index (κ3) is 2.56. The Morgan fingerprint density at radius 1 is 1.35 bits per heavy atom. The van der Waals surface area contributed by atoms with Crippen LogP contribution in [0.25, 0.3) is 0 Å². The van der Waals surface area contributed by atoms with Crippen LogP contribution in [-0.2, 0) is 15.9 Å². The summed E-state index contributed by atoms with van der Waals surface area (Å²) < 4.78 is 11.0. The molecule has 0 aromatic carbocycles. The zero-order valence-corrected chi connectivity index (χ0v) is 10.6. The SMILES string of the molecule is CCc1c(C)nc(C2COCCO2)nc1NC. The van der Waals surface area contributed by atoms with Gasteiger partial charge in [0.2, 0.25) is 0 Å². The summed E-state index contributed by atoms with van der Waals surface area (Å²) in [6.45, 7) is 5.91. The normalized spacial score (nSPS) is 20.3. The van der Waals surface area contributed by atoms with Gasteiger partial charge in [-0.1, -0.05) is 6.92 Å². The summed E-state index contributed by atoms with van der Waals surface area (Å²) in [6, 6.07) is 0. The molecule has 0 amide bonds. The van der Waals surface area contributed by atoms with E-state index in [1.165, 1.54) is 0 Å². The zero-order chi connectivity index (χ0) is 12.3. The molecule has 17 heavy (non-hydrogen) atoms. The smallest absolute Gasteiger partial charge is 0.162 e. The van der Waals surface area contributed by atoms with E-state index in [1.54, 1.807) is 0 Å². The Morgan fingerprint density at radius 3 is 2.76 bits per heavy atom. The van der Waals surface area contributed by atoms with Crippen molar-refractivity contribution in [2.75, 3.05) is 32.2 Å². The summed E-state index contributed by atoms with van der Waals surface area (Å²) >= 11 is 0. The van der Waals surface area contributed by atoms with Gasteiger partial charge in [-0.25, -0.2) is 9.97 Å². The van der Waals surface area contributed by atoms with Crippen molar-refractivity contribution in [3.8, 4) is 0 Å². The molecule has 0 spiro atoms. The lowest BCUT2D eigenvalue weighted by Gasteiger charge is -2.23. The van der Waals surface area contributed by atoms with Crippen LogP contribution < -0.4 is 5.32 Å². The molecule has 1 fully saturated rings. The molecule has 0 aliphatic carbocycles. The summed E-state index contributed by atoms with van der Waals surface area (Å²) in [5.74, 6) is 1.60. The number of rotatable bonds is 3. The number of hydrogen-bond acceptors (Lipinski definition) is 5. The van der Waals surface area contributed by atoms with Crippen molar-refractivity contribution < 1.29 is 9.47 Å². The average Bonchev–Trinajstić information content (AvgIpc) is 2.38. The third-order valence-electron chi connectivity index (χ3n) is 2.93. The second-order valence-electron chi connectivity index (χ2n) is 4.03. The summed E-state index contributed by atoms with van der Waals surface area (Å²) in [5, 5.41) is 3.12. The Hall–Kier alpha value is -1.20. The highest BCUT2D eigenvalue weighted by molar-refractivity contribution is 5.46. The van der Waals surface area contributed by atoms with Crippen LogP contribution in [0.5, 0.6) is 0 Å². The van der Waals surface area contributed by atoms with E-state index in [2.05, 4.69) is 22.2 Å². The van der Waals surface area contributed by atoms with Crippen molar-refractivity contribution in [1.82, 2.24) is 9.97 Å². The third-order valence-corrected chi connectivity index (χ3v) is 2.93. The highest BCUT2D eigenvalue weighted by Gasteiger charge is 2.21. The molecule has 2 heterocycles. The van der Waals surface area contributed by atoms with Crippen LogP contribution >= 0.6 is 0 Å². The van der Waals surface area contributed by atoms with Gasteiger partial charge < -0.3 is 14.8 Å². The summed E-state index contributed by atoms with van der Waals surface area (Å²) in [4.78, 5) is 9.04. The molecule has 1 atom stereocenters. The largest absolute Gasteiger partial charge is 0.376 e. The number of anilines is 1. The number of ether oxygens (including phenoxy) is 2. The molecule has 1 aliphatic rings. The molecule has 2 rings (SSSR count). The second-order valence-corrected chi connectivity index (χ2v) is 4.03. The fraction of sp³-hybridized carbons (Fsp3) is 0.667. The molecule has 1 aromatic rings.